The second kappa shape index (κ2) is 12.4. The molecule has 0 aliphatic heterocycles. The number of Topliss-reactive ketones (excluding diaryl/α,β-unsaturated/α-hetero) is 1. The van der Waals surface area contributed by atoms with E-state index < -0.39 is 63.4 Å². The van der Waals surface area contributed by atoms with Gasteiger partial charge in [0.2, 0.25) is 11.8 Å². The van der Waals surface area contributed by atoms with Gasteiger partial charge in [-0.15, -0.1) is 0 Å². The molecule has 3 aromatic rings. The number of aromatic amines is 1. The number of benzene rings is 2. The van der Waals surface area contributed by atoms with E-state index in [1.807, 2.05) is 0 Å². The molecular formula is C27H27F3N4O6S. The van der Waals surface area contributed by atoms with Crippen molar-refractivity contribution >= 4 is 39.0 Å². The van der Waals surface area contributed by atoms with Crippen molar-refractivity contribution in [1.29, 1.82) is 0 Å². The van der Waals surface area contributed by atoms with Crippen molar-refractivity contribution in [3.63, 3.8) is 0 Å². The molecule has 0 aliphatic carbocycles. The number of alkyl halides is 3. The molecule has 1 unspecified atom stereocenters. The highest BCUT2D eigenvalue weighted by atomic mass is 32.2. The van der Waals surface area contributed by atoms with Gasteiger partial charge in [-0.1, -0.05) is 50.2 Å². The van der Waals surface area contributed by atoms with Gasteiger partial charge in [0.05, 0.1) is 17.4 Å². The first-order valence-corrected chi connectivity index (χ1v) is 13.7. The van der Waals surface area contributed by atoms with E-state index >= 15 is 0 Å². The summed E-state index contributed by atoms with van der Waals surface area (Å²) in [5.74, 6) is -4.55. The predicted octanol–water partition coefficient (Wildman–Crippen LogP) is 3.62. The van der Waals surface area contributed by atoms with Crippen molar-refractivity contribution in [2.24, 2.45) is 5.92 Å². The van der Waals surface area contributed by atoms with Gasteiger partial charge in [-0.2, -0.15) is 13.2 Å². The van der Waals surface area contributed by atoms with Gasteiger partial charge < -0.3 is 15.6 Å². The summed E-state index contributed by atoms with van der Waals surface area (Å²) in [4.78, 5) is 51.5. The molecule has 1 atom stereocenters. The number of amides is 2. The zero-order valence-corrected chi connectivity index (χ0v) is 22.9. The third-order valence-corrected chi connectivity index (χ3v) is 7.14. The summed E-state index contributed by atoms with van der Waals surface area (Å²) >= 11 is 0. The Morgan fingerprint density at radius 2 is 1.63 bits per heavy atom. The number of hydrogen-bond acceptors (Lipinski definition) is 6. The standard InChI is InChI=1S/C27H27F3N4O6S/c1-15(2)23(25(37)27(28,29)30)33-22(36)13-18-12-21(17-8-5-4-6-9-17)32-26(38)24(18)34-41(39,40)20-11-7-10-19(14-20)31-16(3)35/h4-12,14-15,23,34H,13H2,1-3H3,(H,31,35)(H,32,38)(H,33,36). The summed E-state index contributed by atoms with van der Waals surface area (Å²) in [6.07, 6.45) is -5.93. The SMILES string of the molecule is CC(=O)Nc1cccc(S(=O)(=O)Nc2c(CC(=O)NC(C(=O)C(F)(F)F)C(C)C)cc(-c3ccccc3)[nH]c2=O)c1. The van der Waals surface area contributed by atoms with Crippen molar-refractivity contribution in [3.05, 3.63) is 76.6 Å². The molecular weight excluding hydrogens is 565 g/mol. The average molecular weight is 593 g/mol. The highest BCUT2D eigenvalue weighted by Crippen LogP contribution is 2.25. The number of carbonyl (C=O) groups excluding carboxylic acids is 3. The lowest BCUT2D eigenvalue weighted by atomic mass is 9.98. The number of H-pyrrole nitrogens is 1. The maximum atomic E-state index is 13.2. The van der Waals surface area contributed by atoms with Crippen molar-refractivity contribution in [2.75, 3.05) is 10.0 Å². The van der Waals surface area contributed by atoms with Gasteiger partial charge in [0.1, 0.15) is 5.69 Å². The number of rotatable bonds is 10. The first-order chi connectivity index (χ1) is 19.1. The minimum Gasteiger partial charge on any atom is -0.345 e. The van der Waals surface area contributed by atoms with E-state index in [2.05, 4.69) is 20.3 Å². The molecule has 2 amide bonds. The largest absolute Gasteiger partial charge is 0.452 e. The van der Waals surface area contributed by atoms with Crippen LogP contribution in [0.2, 0.25) is 0 Å². The van der Waals surface area contributed by atoms with E-state index in [1.54, 1.807) is 30.3 Å². The van der Waals surface area contributed by atoms with E-state index in [4.69, 9.17) is 0 Å². The molecule has 0 radical (unpaired) electrons. The van der Waals surface area contributed by atoms with Crippen molar-refractivity contribution in [2.45, 2.75) is 44.3 Å². The fraction of sp³-hybridized carbons (Fsp3) is 0.259. The highest BCUT2D eigenvalue weighted by molar-refractivity contribution is 7.92. The van der Waals surface area contributed by atoms with E-state index in [0.29, 0.717) is 5.56 Å². The van der Waals surface area contributed by atoms with Crippen molar-refractivity contribution in [3.8, 4) is 11.3 Å². The maximum absolute atomic E-state index is 13.2. The zero-order valence-electron chi connectivity index (χ0n) is 22.1. The lowest BCUT2D eigenvalue weighted by Crippen LogP contribution is -2.50. The third-order valence-electron chi connectivity index (χ3n) is 5.80. The monoisotopic (exact) mass is 592 g/mol. The zero-order chi connectivity index (χ0) is 30.5. The van der Waals surface area contributed by atoms with E-state index in [1.165, 1.54) is 45.0 Å². The molecule has 0 saturated heterocycles. The Morgan fingerprint density at radius 3 is 2.22 bits per heavy atom. The average Bonchev–Trinajstić information content (AvgIpc) is 2.88. The Labute approximate surface area is 233 Å². The van der Waals surface area contributed by atoms with Crippen LogP contribution in [0.4, 0.5) is 24.5 Å². The number of halogens is 3. The van der Waals surface area contributed by atoms with E-state index in [9.17, 15) is 40.8 Å². The Morgan fingerprint density at radius 1 is 0.976 bits per heavy atom. The van der Waals surface area contributed by atoms with Crippen LogP contribution in [0.3, 0.4) is 0 Å². The summed E-state index contributed by atoms with van der Waals surface area (Å²) < 4.78 is 67.8. The Hall–Kier alpha value is -4.46. The molecule has 10 nitrogen and oxygen atoms in total. The highest BCUT2D eigenvalue weighted by Gasteiger charge is 2.45. The first-order valence-electron chi connectivity index (χ1n) is 12.2. The van der Waals surface area contributed by atoms with E-state index in [-0.39, 0.29) is 21.8 Å². The molecule has 4 N–H and O–H groups in total. The Balaban J connectivity index is 2.04. The lowest BCUT2D eigenvalue weighted by Gasteiger charge is -2.22. The summed E-state index contributed by atoms with van der Waals surface area (Å²) in [5.41, 5.74) is -0.747. The summed E-state index contributed by atoms with van der Waals surface area (Å²) in [7, 11) is -4.46. The molecule has 14 heteroatoms. The number of aromatic nitrogens is 1. The Bertz CT molecular complexity index is 1620. The Kier molecular flexibility index (Phi) is 9.38. The third kappa shape index (κ3) is 8.03. The molecule has 0 saturated carbocycles. The number of pyridine rings is 1. The van der Waals surface area contributed by atoms with E-state index in [0.717, 1.165) is 6.07 Å². The van der Waals surface area contributed by atoms with Gasteiger partial charge in [-0.25, -0.2) is 8.42 Å². The number of nitrogens with one attached hydrogen (secondary N) is 4. The number of hydrogen-bond donors (Lipinski definition) is 4. The topological polar surface area (TPSA) is 154 Å². The minimum atomic E-state index is -5.20. The number of sulfonamides is 1. The fourth-order valence-corrected chi connectivity index (χ4v) is 5.03. The second-order valence-corrected chi connectivity index (χ2v) is 11.1. The van der Waals surface area contributed by atoms with Crippen molar-refractivity contribution < 1.29 is 36.0 Å². The minimum absolute atomic E-state index is 0.159. The molecule has 0 fully saturated rings. The van der Waals surface area contributed by atoms with Crippen LogP contribution in [0.5, 0.6) is 0 Å². The van der Waals surface area contributed by atoms with Crippen LogP contribution in [0, 0.1) is 5.92 Å². The van der Waals surface area contributed by atoms with Gasteiger partial charge in [0.15, 0.2) is 0 Å². The van der Waals surface area contributed by atoms with Crippen LogP contribution in [0.1, 0.15) is 26.3 Å². The maximum Gasteiger partial charge on any atom is 0.452 e. The smallest absolute Gasteiger partial charge is 0.345 e. The van der Waals surface area contributed by atoms with Gasteiger partial charge in [-0.05, 0) is 41.3 Å². The van der Waals surface area contributed by atoms with Gasteiger partial charge >= 0.3 is 6.18 Å². The number of carbonyl (C=O) groups is 3. The fourth-order valence-electron chi connectivity index (χ4n) is 3.88. The predicted molar refractivity (Wildman–Crippen MR) is 146 cm³/mol. The van der Waals surface area contributed by atoms with Crippen LogP contribution in [-0.4, -0.2) is 43.2 Å². The van der Waals surface area contributed by atoms with Crippen LogP contribution >= 0.6 is 0 Å². The van der Waals surface area contributed by atoms with Gasteiger partial charge in [-0.3, -0.25) is 23.9 Å². The number of anilines is 2. The molecule has 3 rings (SSSR count). The molecule has 0 bridgehead atoms. The summed E-state index contributed by atoms with van der Waals surface area (Å²) in [6.45, 7) is 3.88. The molecule has 0 aliphatic rings. The molecule has 218 valence electrons. The molecule has 41 heavy (non-hydrogen) atoms. The molecule has 2 aromatic carbocycles. The number of ketones is 1. The quantitative estimate of drug-likeness (QED) is 0.282. The molecule has 1 heterocycles. The van der Waals surface area contributed by atoms with Gasteiger partial charge in [0.25, 0.3) is 21.4 Å². The van der Waals surface area contributed by atoms with Crippen LogP contribution in [0.15, 0.2) is 70.4 Å². The molecule has 0 spiro atoms. The van der Waals surface area contributed by atoms with Gasteiger partial charge in [0, 0.05) is 18.3 Å². The summed E-state index contributed by atoms with van der Waals surface area (Å²) in [6, 6.07) is 13.0. The van der Waals surface area contributed by atoms with Crippen LogP contribution in [-0.2, 0) is 30.8 Å². The first kappa shape index (κ1) is 31.1. The normalized spacial score (nSPS) is 12.5. The summed E-state index contributed by atoms with van der Waals surface area (Å²) in [5, 5.41) is 4.50. The van der Waals surface area contributed by atoms with Crippen molar-refractivity contribution in [1.82, 2.24) is 10.3 Å². The van der Waals surface area contributed by atoms with Crippen LogP contribution in [0.25, 0.3) is 11.3 Å². The second-order valence-electron chi connectivity index (χ2n) is 9.42. The van der Waals surface area contributed by atoms with Crippen LogP contribution < -0.4 is 20.9 Å². The molecule has 1 aromatic heterocycles. The lowest BCUT2D eigenvalue weighted by molar-refractivity contribution is -0.174.